The molecule has 14 heavy (non-hydrogen) atoms. The molecule has 0 aromatic heterocycles. The van der Waals surface area contributed by atoms with Gasteiger partial charge in [0.05, 0.1) is 13.2 Å². The van der Waals surface area contributed by atoms with Gasteiger partial charge in [-0.25, -0.2) is 0 Å². The van der Waals surface area contributed by atoms with E-state index in [-0.39, 0.29) is 0 Å². The minimum Gasteiger partial charge on any atom is -0.496 e. The maximum absolute atomic E-state index is 5.44. The fourth-order valence-electron chi connectivity index (χ4n) is 1.79. The lowest BCUT2D eigenvalue weighted by Gasteiger charge is -2.07. The van der Waals surface area contributed by atoms with Crippen LogP contribution in [0.3, 0.4) is 0 Å². The van der Waals surface area contributed by atoms with Crippen LogP contribution in [-0.2, 0) is 11.2 Å². The molecule has 1 aromatic carbocycles. The molecule has 0 radical (unpaired) electrons. The van der Waals surface area contributed by atoms with Crippen LogP contribution in [0.1, 0.15) is 31.1 Å². The second-order valence-corrected chi connectivity index (χ2v) is 3.69. The molecule has 2 atom stereocenters. The van der Waals surface area contributed by atoms with Crippen LogP contribution in [0.5, 0.6) is 5.75 Å². The Labute approximate surface area is 84.8 Å². The normalized spacial score (nSPS) is 24.8. The molecule has 1 fully saturated rings. The van der Waals surface area contributed by atoms with Gasteiger partial charge >= 0.3 is 0 Å². The van der Waals surface area contributed by atoms with Gasteiger partial charge in [-0.2, -0.15) is 0 Å². The third-order valence-corrected chi connectivity index (χ3v) is 2.72. The second kappa shape index (κ2) is 3.62. The van der Waals surface area contributed by atoms with E-state index in [0.717, 1.165) is 12.2 Å². The van der Waals surface area contributed by atoms with Crippen molar-refractivity contribution in [2.45, 2.75) is 32.5 Å². The predicted molar refractivity (Wildman–Crippen MR) is 55.7 cm³/mol. The first-order valence-corrected chi connectivity index (χ1v) is 5.08. The SMILES string of the molecule is CCc1cc(C2OC2C)ccc1OC. The minimum atomic E-state index is 0.311. The Morgan fingerprint density at radius 1 is 1.43 bits per heavy atom. The summed E-state index contributed by atoms with van der Waals surface area (Å²) in [6.07, 6.45) is 1.69. The number of methoxy groups -OCH3 is 1. The summed E-state index contributed by atoms with van der Waals surface area (Å²) in [5.74, 6) is 0.976. The van der Waals surface area contributed by atoms with Crippen molar-refractivity contribution in [3.63, 3.8) is 0 Å². The molecule has 0 spiro atoms. The Morgan fingerprint density at radius 3 is 2.64 bits per heavy atom. The lowest BCUT2D eigenvalue weighted by molar-refractivity contribution is 0.382. The highest BCUT2D eigenvalue weighted by molar-refractivity contribution is 5.39. The van der Waals surface area contributed by atoms with Crippen LogP contribution in [0.25, 0.3) is 0 Å². The molecule has 1 aliphatic heterocycles. The van der Waals surface area contributed by atoms with Crippen LogP contribution in [0.15, 0.2) is 18.2 Å². The van der Waals surface area contributed by atoms with Crippen molar-refractivity contribution in [1.82, 2.24) is 0 Å². The van der Waals surface area contributed by atoms with Gasteiger partial charge in [-0.15, -0.1) is 0 Å². The molecule has 2 unspecified atom stereocenters. The first-order valence-electron chi connectivity index (χ1n) is 5.08. The predicted octanol–water partition coefficient (Wildman–Crippen LogP) is 2.72. The summed E-state index contributed by atoms with van der Waals surface area (Å²) in [5, 5.41) is 0. The van der Waals surface area contributed by atoms with Crippen molar-refractivity contribution in [2.24, 2.45) is 0 Å². The van der Waals surface area contributed by atoms with Gasteiger partial charge in [0.15, 0.2) is 0 Å². The highest BCUT2D eigenvalue weighted by Crippen LogP contribution is 2.39. The number of benzene rings is 1. The van der Waals surface area contributed by atoms with Gasteiger partial charge in [-0.3, -0.25) is 0 Å². The maximum Gasteiger partial charge on any atom is 0.122 e. The van der Waals surface area contributed by atoms with Crippen LogP contribution in [-0.4, -0.2) is 13.2 Å². The van der Waals surface area contributed by atoms with E-state index in [1.165, 1.54) is 11.1 Å². The first kappa shape index (κ1) is 9.53. The number of ether oxygens (including phenoxy) is 2. The average molecular weight is 192 g/mol. The van der Waals surface area contributed by atoms with Crippen molar-refractivity contribution >= 4 is 0 Å². The van der Waals surface area contributed by atoms with Crippen molar-refractivity contribution in [2.75, 3.05) is 7.11 Å². The molecule has 0 N–H and O–H groups in total. The molecule has 76 valence electrons. The Hall–Kier alpha value is -1.02. The summed E-state index contributed by atoms with van der Waals surface area (Å²) in [6.45, 7) is 4.24. The van der Waals surface area contributed by atoms with Gasteiger partial charge in [0, 0.05) is 0 Å². The fourth-order valence-corrected chi connectivity index (χ4v) is 1.79. The highest BCUT2D eigenvalue weighted by Gasteiger charge is 2.35. The second-order valence-electron chi connectivity index (χ2n) is 3.69. The van der Waals surface area contributed by atoms with E-state index >= 15 is 0 Å². The smallest absolute Gasteiger partial charge is 0.122 e. The Balaban J connectivity index is 2.27. The van der Waals surface area contributed by atoms with Crippen LogP contribution in [0, 0.1) is 0 Å². The standard InChI is InChI=1S/C12H16O2/c1-4-9-7-10(12-8(2)14-12)5-6-11(9)13-3/h5-8,12H,4H2,1-3H3. The zero-order valence-corrected chi connectivity index (χ0v) is 8.91. The van der Waals surface area contributed by atoms with Gasteiger partial charge in [0.2, 0.25) is 0 Å². The lowest BCUT2D eigenvalue weighted by Crippen LogP contribution is -1.93. The molecule has 0 bridgehead atoms. The molecule has 1 aromatic rings. The lowest BCUT2D eigenvalue weighted by atomic mass is 10.0. The van der Waals surface area contributed by atoms with Crippen molar-refractivity contribution in [3.8, 4) is 5.75 Å². The molecule has 2 nitrogen and oxygen atoms in total. The molecule has 0 aliphatic carbocycles. The van der Waals surface area contributed by atoms with E-state index in [9.17, 15) is 0 Å². The quantitative estimate of drug-likeness (QED) is 0.687. The number of aryl methyl sites for hydroxylation is 1. The van der Waals surface area contributed by atoms with Crippen LogP contribution in [0.4, 0.5) is 0 Å². The summed E-state index contributed by atoms with van der Waals surface area (Å²) < 4.78 is 10.7. The van der Waals surface area contributed by atoms with Gasteiger partial charge < -0.3 is 9.47 Å². The first-order chi connectivity index (χ1) is 6.76. The van der Waals surface area contributed by atoms with Gasteiger partial charge in [-0.05, 0) is 36.6 Å². The van der Waals surface area contributed by atoms with E-state index in [4.69, 9.17) is 9.47 Å². The topological polar surface area (TPSA) is 21.8 Å². The van der Waals surface area contributed by atoms with Gasteiger partial charge in [-0.1, -0.05) is 13.0 Å². The third kappa shape index (κ3) is 1.62. The number of hydrogen-bond acceptors (Lipinski definition) is 2. The summed E-state index contributed by atoms with van der Waals surface area (Å²) >= 11 is 0. The summed E-state index contributed by atoms with van der Waals surface area (Å²) in [7, 11) is 1.71. The Bertz CT molecular complexity index is 333. The molecule has 1 saturated heterocycles. The third-order valence-electron chi connectivity index (χ3n) is 2.72. The van der Waals surface area contributed by atoms with Crippen molar-refractivity contribution in [1.29, 1.82) is 0 Å². The molecule has 0 saturated carbocycles. The Morgan fingerprint density at radius 2 is 2.14 bits per heavy atom. The summed E-state index contributed by atoms with van der Waals surface area (Å²) in [4.78, 5) is 0. The zero-order chi connectivity index (χ0) is 10.1. The maximum atomic E-state index is 5.44. The van der Waals surface area contributed by atoms with Crippen LogP contribution < -0.4 is 4.74 Å². The van der Waals surface area contributed by atoms with E-state index in [1.54, 1.807) is 7.11 Å². The average Bonchev–Trinajstić information content (AvgIpc) is 2.94. The largest absolute Gasteiger partial charge is 0.496 e. The monoisotopic (exact) mass is 192 g/mol. The fraction of sp³-hybridized carbons (Fsp3) is 0.500. The van der Waals surface area contributed by atoms with Crippen LogP contribution >= 0.6 is 0 Å². The van der Waals surface area contributed by atoms with Crippen LogP contribution in [0.2, 0.25) is 0 Å². The number of epoxide rings is 1. The van der Waals surface area contributed by atoms with E-state index in [0.29, 0.717) is 12.2 Å². The molecule has 2 heteroatoms. The molecule has 2 rings (SSSR count). The number of rotatable bonds is 3. The van der Waals surface area contributed by atoms with Crippen molar-refractivity contribution < 1.29 is 9.47 Å². The minimum absolute atomic E-state index is 0.311. The highest BCUT2D eigenvalue weighted by atomic mass is 16.6. The van der Waals surface area contributed by atoms with Gasteiger partial charge in [0.1, 0.15) is 11.9 Å². The number of hydrogen-bond donors (Lipinski definition) is 0. The molecule has 0 amide bonds. The van der Waals surface area contributed by atoms with E-state index in [2.05, 4.69) is 26.0 Å². The molecule has 1 aliphatic rings. The van der Waals surface area contributed by atoms with E-state index in [1.807, 2.05) is 6.07 Å². The zero-order valence-electron chi connectivity index (χ0n) is 8.91. The Kier molecular flexibility index (Phi) is 2.46. The molecule has 1 heterocycles. The summed E-state index contributed by atoms with van der Waals surface area (Å²) in [6, 6.07) is 6.31. The summed E-state index contributed by atoms with van der Waals surface area (Å²) in [5.41, 5.74) is 2.53. The van der Waals surface area contributed by atoms with Gasteiger partial charge in [0.25, 0.3) is 0 Å². The molecular weight excluding hydrogens is 176 g/mol. The molecular formula is C12H16O2. The van der Waals surface area contributed by atoms with E-state index < -0.39 is 0 Å². The van der Waals surface area contributed by atoms with Crippen molar-refractivity contribution in [3.05, 3.63) is 29.3 Å².